The highest BCUT2D eigenvalue weighted by Gasteiger charge is 2.30. The number of halogens is 3. The molecule has 0 saturated heterocycles. The molecule has 12 heteroatoms. The number of carbonyl (C=O) groups excluding carboxylic acids is 2. The molecule has 60 heavy (non-hydrogen) atoms. The second-order valence-corrected chi connectivity index (χ2v) is 15.4. The lowest BCUT2D eigenvalue weighted by atomic mass is 9.79. The average molecular weight is 906 g/mol. The van der Waals surface area contributed by atoms with Crippen molar-refractivity contribution >= 4 is 80.4 Å². The monoisotopic (exact) mass is 904 g/mol. The zero-order chi connectivity index (χ0) is 42.6. The number of carbonyl (C=O) groups is 2. The van der Waals surface area contributed by atoms with Gasteiger partial charge in [-0.15, -0.1) is 0 Å². The fourth-order valence-corrected chi connectivity index (χ4v) is 7.13. The Bertz CT molecular complexity index is 2530. The van der Waals surface area contributed by atoms with E-state index in [0.717, 1.165) is 39.0 Å². The number of esters is 2. The Morgan fingerprint density at radius 1 is 0.600 bits per heavy atom. The van der Waals surface area contributed by atoms with E-state index in [-0.39, 0.29) is 24.0 Å². The Labute approximate surface area is 367 Å². The number of ether oxygens (including phenoxy) is 4. The molecule has 8 nitrogen and oxygen atoms in total. The molecule has 0 unspecified atom stereocenters. The van der Waals surface area contributed by atoms with E-state index in [1.54, 1.807) is 30.3 Å². The third kappa shape index (κ3) is 11.8. The number of cyclic esters (lactones) is 2. The molecule has 0 amide bonds. The maximum atomic E-state index is 12.6. The molecule has 0 radical (unpaired) electrons. The van der Waals surface area contributed by atoms with Gasteiger partial charge in [0.2, 0.25) is 0 Å². The van der Waals surface area contributed by atoms with E-state index >= 15 is 0 Å². The minimum Gasteiger partial charge on any atom is -0.489 e. The Morgan fingerprint density at radius 3 is 1.63 bits per heavy atom. The van der Waals surface area contributed by atoms with Crippen LogP contribution in [0.15, 0.2) is 150 Å². The summed E-state index contributed by atoms with van der Waals surface area (Å²) in [6.45, 7) is 5.41. The van der Waals surface area contributed by atoms with Gasteiger partial charge in [-0.3, -0.25) is 0 Å². The second kappa shape index (κ2) is 21.1. The minimum atomic E-state index is -1.60. The van der Waals surface area contributed by atoms with E-state index in [4.69, 9.17) is 42.1 Å². The van der Waals surface area contributed by atoms with E-state index in [1.807, 2.05) is 123 Å². The molecule has 2 aliphatic rings. The van der Waals surface area contributed by atoms with Crippen molar-refractivity contribution in [3.63, 3.8) is 0 Å². The van der Waals surface area contributed by atoms with Gasteiger partial charge in [0.15, 0.2) is 0 Å². The van der Waals surface area contributed by atoms with Gasteiger partial charge in [-0.2, -0.15) is 0 Å². The fourth-order valence-electron chi connectivity index (χ4n) is 6.32. The summed E-state index contributed by atoms with van der Waals surface area (Å²) < 4.78 is 22.4. The van der Waals surface area contributed by atoms with Crippen LogP contribution in [0.3, 0.4) is 0 Å². The van der Waals surface area contributed by atoms with Crippen LogP contribution in [0, 0.1) is 13.8 Å². The van der Waals surface area contributed by atoms with Gasteiger partial charge in [-0.25, -0.2) is 9.59 Å². The first-order valence-corrected chi connectivity index (χ1v) is 20.4. The van der Waals surface area contributed by atoms with Gasteiger partial charge in [-0.05, 0) is 88.4 Å². The molecular formula is C48H40BBrCl2O8. The van der Waals surface area contributed by atoms with Crippen LogP contribution in [0.1, 0.15) is 38.9 Å². The predicted octanol–water partition coefficient (Wildman–Crippen LogP) is 9.95. The Balaban J connectivity index is 0.000000162. The third-order valence-electron chi connectivity index (χ3n) is 9.31. The first kappa shape index (κ1) is 44.0. The molecule has 2 aliphatic heterocycles. The topological polar surface area (TPSA) is 112 Å². The zero-order valence-corrected chi connectivity index (χ0v) is 35.8. The van der Waals surface area contributed by atoms with Crippen LogP contribution in [0.4, 0.5) is 0 Å². The molecular weight excluding hydrogens is 866 g/mol. The predicted molar refractivity (Wildman–Crippen MR) is 241 cm³/mol. The number of hydrogen-bond acceptors (Lipinski definition) is 8. The molecule has 2 heterocycles. The summed E-state index contributed by atoms with van der Waals surface area (Å²) in [5, 5.41) is 19.5. The number of aryl methyl sites for hydroxylation is 2. The van der Waals surface area contributed by atoms with Crippen LogP contribution >= 0.6 is 39.1 Å². The second-order valence-electron chi connectivity index (χ2n) is 13.8. The zero-order valence-electron chi connectivity index (χ0n) is 32.7. The highest BCUT2D eigenvalue weighted by molar-refractivity contribution is 9.12. The summed E-state index contributed by atoms with van der Waals surface area (Å²) in [6, 6.07) is 45.6. The van der Waals surface area contributed by atoms with Gasteiger partial charge in [0.05, 0.1) is 5.57 Å². The van der Waals surface area contributed by atoms with E-state index in [1.165, 1.54) is 11.6 Å². The third-order valence-corrected chi connectivity index (χ3v) is 10.6. The van der Waals surface area contributed by atoms with Crippen molar-refractivity contribution < 1.29 is 38.6 Å². The maximum absolute atomic E-state index is 12.6. The van der Waals surface area contributed by atoms with Crippen molar-refractivity contribution in [3.8, 4) is 11.5 Å². The van der Waals surface area contributed by atoms with Gasteiger partial charge in [0.1, 0.15) is 42.4 Å². The van der Waals surface area contributed by atoms with Gasteiger partial charge in [0.25, 0.3) is 0 Å². The molecule has 0 fully saturated rings. The summed E-state index contributed by atoms with van der Waals surface area (Å²) in [4.78, 5) is 23.7. The molecule has 0 aliphatic carbocycles. The van der Waals surface area contributed by atoms with Crippen molar-refractivity contribution in [2.45, 2.75) is 27.1 Å². The molecule has 0 bridgehead atoms. The van der Waals surface area contributed by atoms with Crippen LogP contribution in [0.2, 0.25) is 10.0 Å². The van der Waals surface area contributed by atoms with Crippen molar-refractivity contribution in [1.82, 2.24) is 0 Å². The Morgan fingerprint density at radius 2 is 1.10 bits per heavy atom. The van der Waals surface area contributed by atoms with Crippen LogP contribution in [-0.2, 0) is 32.3 Å². The highest BCUT2D eigenvalue weighted by atomic mass is 79.9. The maximum Gasteiger partial charge on any atom is 0.492 e. The fraction of sp³-hybridized carbons (Fsp3) is 0.125. The molecule has 0 spiro atoms. The van der Waals surface area contributed by atoms with E-state index in [2.05, 4.69) is 15.9 Å². The van der Waals surface area contributed by atoms with Gasteiger partial charge >= 0.3 is 19.1 Å². The van der Waals surface area contributed by atoms with Gasteiger partial charge in [0, 0.05) is 32.2 Å². The molecule has 6 aromatic carbocycles. The quantitative estimate of drug-likeness (QED) is 0.103. The Kier molecular flexibility index (Phi) is 15.4. The number of benzene rings is 6. The minimum absolute atomic E-state index is 0.238. The Hall–Kier alpha value is -5.62. The normalized spacial score (nSPS) is 13.1. The van der Waals surface area contributed by atoms with Crippen LogP contribution < -0.4 is 14.9 Å². The summed E-state index contributed by atoms with van der Waals surface area (Å²) in [5.41, 5.74) is 9.56. The molecule has 0 aromatic heterocycles. The lowest BCUT2D eigenvalue weighted by molar-refractivity contribution is -0.135. The number of hydrogen-bond donors (Lipinski definition) is 2. The SMILES string of the molecule is Cc1cccc(C2=C(Br)C(=O)OC2)c1.Cc1cccc(C2=C(c3cc(Cl)ccc3OCc3ccccc3)C(=O)OC2)c1.OB(O)c1cc(Cl)ccc1OCc1ccccc1. The van der Waals surface area contributed by atoms with Crippen molar-refractivity contribution in [3.05, 3.63) is 199 Å². The van der Waals surface area contributed by atoms with Crippen LogP contribution in [0.25, 0.3) is 16.7 Å². The van der Waals surface area contributed by atoms with Crippen molar-refractivity contribution in [2.75, 3.05) is 13.2 Å². The van der Waals surface area contributed by atoms with Crippen molar-refractivity contribution in [2.24, 2.45) is 0 Å². The van der Waals surface area contributed by atoms with Crippen LogP contribution in [0.5, 0.6) is 11.5 Å². The summed E-state index contributed by atoms with van der Waals surface area (Å²) in [6.07, 6.45) is 0. The number of rotatable bonds is 10. The van der Waals surface area contributed by atoms with Crippen molar-refractivity contribution in [1.29, 1.82) is 0 Å². The molecule has 0 saturated carbocycles. The highest BCUT2D eigenvalue weighted by Crippen LogP contribution is 2.39. The smallest absolute Gasteiger partial charge is 0.489 e. The average Bonchev–Trinajstić information content (AvgIpc) is 3.81. The van der Waals surface area contributed by atoms with E-state index in [0.29, 0.717) is 57.0 Å². The first-order valence-electron chi connectivity index (χ1n) is 18.9. The standard InChI is InChI=1S/C24H19ClO3.C13H12BClO3.C11H9BrO2/c1-16-6-5-9-18(12-16)21-15-28-24(26)23(21)20-13-19(25)10-11-22(20)27-14-17-7-3-2-4-8-17;15-11-6-7-13(12(8-11)14(16)17)18-9-10-4-2-1-3-5-10;1-7-3-2-4-8(5-7)9-6-14-11(13)10(9)12/h2-13H,14-15H2,1H3;1-8,16-17H,9H2;2-5H,6H2,1H3. The van der Waals surface area contributed by atoms with Gasteiger partial charge < -0.3 is 29.0 Å². The summed E-state index contributed by atoms with van der Waals surface area (Å²) in [5.74, 6) is 0.385. The first-order chi connectivity index (χ1) is 29.0. The molecule has 8 rings (SSSR count). The van der Waals surface area contributed by atoms with E-state index < -0.39 is 7.12 Å². The summed E-state index contributed by atoms with van der Waals surface area (Å²) >= 11 is 15.3. The largest absolute Gasteiger partial charge is 0.492 e. The lowest BCUT2D eigenvalue weighted by Gasteiger charge is -2.13. The van der Waals surface area contributed by atoms with Crippen LogP contribution in [-0.4, -0.2) is 42.3 Å². The van der Waals surface area contributed by atoms with E-state index in [9.17, 15) is 19.6 Å². The van der Waals surface area contributed by atoms with Gasteiger partial charge in [-0.1, -0.05) is 144 Å². The molecule has 6 aromatic rings. The summed E-state index contributed by atoms with van der Waals surface area (Å²) in [7, 11) is -1.60. The lowest BCUT2D eigenvalue weighted by Crippen LogP contribution is -2.31. The molecule has 2 N–H and O–H groups in total. The molecule has 304 valence electrons. The molecule has 0 atom stereocenters.